The Hall–Kier alpha value is -1.89. The minimum Gasteiger partial charge on any atom is -0.491 e. The van der Waals surface area contributed by atoms with Gasteiger partial charge in [0.15, 0.2) is 0 Å². The van der Waals surface area contributed by atoms with Crippen molar-refractivity contribution in [1.82, 2.24) is 0 Å². The van der Waals surface area contributed by atoms with Crippen LogP contribution in [0.15, 0.2) is 42.5 Å². The molecule has 8 nitrogen and oxygen atoms in total. The predicted octanol–water partition coefficient (Wildman–Crippen LogP) is 1.21. The van der Waals surface area contributed by atoms with Gasteiger partial charge in [0, 0.05) is 10.6 Å². The van der Waals surface area contributed by atoms with Gasteiger partial charge >= 0.3 is 0 Å². The third-order valence-electron chi connectivity index (χ3n) is 5.48. The van der Waals surface area contributed by atoms with Crippen LogP contribution in [0, 0.1) is 0 Å². The van der Waals surface area contributed by atoms with Crippen molar-refractivity contribution in [2.24, 2.45) is 0 Å². The summed E-state index contributed by atoms with van der Waals surface area (Å²) in [7, 11) is 0. The summed E-state index contributed by atoms with van der Waals surface area (Å²) in [5, 5.41) is 51.2. The summed E-state index contributed by atoms with van der Waals surface area (Å²) in [4.78, 5) is 0. The maximum absolute atomic E-state index is 12.0. The predicted molar refractivity (Wildman–Crippen MR) is 117 cm³/mol. The number of halogens is 3. The van der Waals surface area contributed by atoms with Crippen LogP contribution in [0.4, 0.5) is 8.78 Å². The fourth-order valence-corrected chi connectivity index (χ4v) is 3.82. The molecule has 0 aliphatic carbocycles. The van der Waals surface area contributed by atoms with Crippen LogP contribution in [-0.4, -0.2) is 82.8 Å². The van der Waals surface area contributed by atoms with E-state index in [9.17, 15) is 34.3 Å². The average Bonchev–Trinajstić information content (AvgIpc) is 2.82. The van der Waals surface area contributed by atoms with E-state index in [-0.39, 0.29) is 18.8 Å². The Bertz CT molecular complexity index is 930. The molecular weight excluding hydrogens is 478 g/mol. The van der Waals surface area contributed by atoms with Crippen molar-refractivity contribution >= 4 is 11.6 Å². The lowest BCUT2D eigenvalue weighted by Gasteiger charge is -2.45. The van der Waals surface area contributed by atoms with Gasteiger partial charge in [-0.2, -0.15) is 0 Å². The second-order valence-corrected chi connectivity index (χ2v) is 8.31. The molecule has 0 bridgehead atoms. The molecule has 1 fully saturated rings. The largest absolute Gasteiger partial charge is 0.491 e. The normalized spacial score (nSPS) is 27.2. The molecule has 0 radical (unpaired) electrons. The molecule has 5 unspecified atom stereocenters. The molecule has 0 spiro atoms. The molecule has 2 aromatic rings. The Kier molecular flexibility index (Phi) is 9.19. The van der Waals surface area contributed by atoms with Crippen LogP contribution in [0.3, 0.4) is 0 Å². The van der Waals surface area contributed by atoms with E-state index < -0.39 is 49.8 Å². The van der Waals surface area contributed by atoms with Gasteiger partial charge in [0.05, 0.1) is 13.2 Å². The molecule has 11 heteroatoms. The van der Waals surface area contributed by atoms with Gasteiger partial charge < -0.3 is 39.7 Å². The lowest BCUT2D eigenvalue weighted by Crippen LogP contribution is -2.63. The van der Waals surface area contributed by atoms with Crippen molar-refractivity contribution in [1.29, 1.82) is 0 Å². The monoisotopic (exact) mass is 504 g/mol. The molecule has 1 heterocycles. The Labute approximate surface area is 199 Å². The minimum atomic E-state index is -2.52. The fraction of sp³-hybridized carbons (Fsp3) is 0.478. The lowest BCUT2D eigenvalue weighted by atomic mass is 9.87. The Morgan fingerprint density at radius 3 is 2.38 bits per heavy atom. The van der Waals surface area contributed by atoms with E-state index in [0.29, 0.717) is 22.8 Å². The maximum atomic E-state index is 12.0. The first-order valence-corrected chi connectivity index (χ1v) is 10.9. The third-order valence-corrected chi connectivity index (χ3v) is 5.85. The standard InChI is InChI=1S/C23H27ClF2O8/c24-17-6-3-15(23(31)22(30)21(29)20(28)18(11-27)34-23)10-14(17)9-13-1-4-16(5-2-13)33-8-7-32-12-19(25)26/h1-6,10,18-22,27-31H,7-9,11-12H2. The average molecular weight is 505 g/mol. The molecule has 5 N–H and O–H groups in total. The molecule has 5 atom stereocenters. The van der Waals surface area contributed by atoms with Crippen LogP contribution in [-0.2, 0) is 21.7 Å². The highest BCUT2D eigenvalue weighted by atomic mass is 35.5. The highest BCUT2D eigenvalue weighted by Crippen LogP contribution is 2.38. The number of rotatable bonds is 10. The summed E-state index contributed by atoms with van der Waals surface area (Å²) in [6.45, 7) is -1.16. The zero-order chi connectivity index (χ0) is 24.9. The number of aliphatic hydroxyl groups is 5. The molecular formula is C23H27ClF2O8. The Morgan fingerprint density at radius 1 is 1.03 bits per heavy atom. The van der Waals surface area contributed by atoms with Crippen LogP contribution in [0.1, 0.15) is 16.7 Å². The first-order chi connectivity index (χ1) is 16.2. The molecule has 34 heavy (non-hydrogen) atoms. The number of benzene rings is 2. The van der Waals surface area contributed by atoms with Crippen molar-refractivity contribution < 1.29 is 48.5 Å². The van der Waals surface area contributed by atoms with Crippen molar-refractivity contribution in [3.8, 4) is 5.75 Å². The minimum absolute atomic E-state index is 0.0359. The summed E-state index contributed by atoms with van der Waals surface area (Å²) >= 11 is 6.32. The number of aliphatic hydroxyl groups excluding tert-OH is 4. The summed E-state index contributed by atoms with van der Waals surface area (Å²) in [6.07, 6.45) is -8.69. The van der Waals surface area contributed by atoms with Crippen LogP contribution in [0.25, 0.3) is 0 Å². The van der Waals surface area contributed by atoms with Gasteiger partial charge in [-0.3, -0.25) is 0 Å². The highest BCUT2D eigenvalue weighted by molar-refractivity contribution is 6.31. The molecule has 1 aliphatic heterocycles. The van der Waals surface area contributed by atoms with E-state index in [1.54, 1.807) is 24.3 Å². The topological polar surface area (TPSA) is 129 Å². The van der Waals surface area contributed by atoms with Gasteiger partial charge in [-0.25, -0.2) is 8.78 Å². The zero-order valence-corrected chi connectivity index (χ0v) is 18.8. The number of hydrogen-bond acceptors (Lipinski definition) is 8. The van der Waals surface area contributed by atoms with Crippen molar-refractivity contribution in [3.05, 3.63) is 64.2 Å². The van der Waals surface area contributed by atoms with Gasteiger partial charge in [0.25, 0.3) is 6.43 Å². The molecule has 1 saturated heterocycles. The van der Waals surface area contributed by atoms with Crippen LogP contribution >= 0.6 is 11.6 Å². The van der Waals surface area contributed by atoms with Crippen molar-refractivity contribution in [2.75, 3.05) is 26.4 Å². The summed E-state index contributed by atoms with van der Waals surface area (Å²) < 4.78 is 39.6. The Balaban J connectivity index is 1.69. The van der Waals surface area contributed by atoms with Crippen molar-refractivity contribution in [3.63, 3.8) is 0 Å². The zero-order valence-electron chi connectivity index (χ0n) is 18.1. The molecule has 188 valence electrons. The lowest BCUT2D eigenvalue weighted by molar-refractivity contribution is -0.357. The number of ether oxygens (including phenoxy) is 3. The van der Waals surface area contributed by atoms with Gasteiger partial charge in [0.2, 0.25) is 5.79 Å². The second kappa shape index (κ2) is 11.7. The quantitative estimate of drug-likeness (QED) is 0.305. The SMILES string of the molecule is OCC1OC(O)(c2ccc(Cl)c(Cc3ccc(OCCOCC(F)F)cc3)c2)C(O)C(O)C1O. The molecule has 0 saturated carbocycles. The van der Waals surface area contributed by atoms with Crippen molar-refractivity contribution in [2.45, 2.75) is 43.0 Å². The van der Waals surface area contributed by atoms with Crippen LogP contribution < -0.4 is 4.74 Å². The van der Waals surface area contributed by atoms with E-state index >= 15 is 0 Å². The maximum Gasteiger partial charge on any atom is 0.261 e. The number of hydrogen-bond donors (Lipinski definition) is 5. The molecule has 0 amide bonds. The van der Waals surface area contributed by atoms with Gasteiger partial charge in [-0.05, 0) is 41.8 Å². The number of alkyl halides is 2. The smallest absolute Gasteiger partial charge is 0.261 e. The van der Waals surface area contributed by atoms with E-state index in [0.717, 1.165) is 5.56 Å². The van der Waals surface area contributed by atoms with Gasteiger partial charge in [-0.15, -0.1) is 0 Å². The van der Waals surface area contributed by atoms with E-state index in [4.69, 9.17) is 25.8 Å². The first-order valence-electron chi connectivity index (χ1n) is 10.6. The fourth-order valence-electron chi connectivity index (χ4n) is 3.64. The molecule has 3 rings (SSSR count). The van der Waals surface area contributed by atoms with Gasteiger partial charge in [0.1, 0.15) is 43.4 Å². The summed E-state index contributed by atoms with van der Waals surface area (Å²) in [5.41, 5.74) is 1.51. The summed E-state index contributed by atoms with van der Waals surface area (Å²) in [6, 6.07) is 11.4. The Morgan fingerprint density at radius 2 is 1.74 bits per heavy atom. The van der Waals surface area contributed by atoms with Gasteiger partial charge in [-0.1, -0.05) is 29.8 Å². The first kappa shape index (κ1) is 26.7. The highest BCUT2D eigenvalue weighted by Gasteiger charge is 2.53. The van der Waals surface area contributed by atoms with E-state index in [1.807, 2.05) is 0 Å². The van der Waals surface area contributed by atoms with E-state index in [2.05, 4.69) is 0 Å². The van der Waals surface area contributed by atoms with Crippen LogP contribution in [0.2, 0.25) is 5.02 Å². The molecule has 2 aromatic carbocycles. The van der Waals surface area contributed by atoms with Crippen LogP contribution in [0.5, 0.6) is 5.75 Å². The van der Waals surface area contributed by atoms with E-state index in [1.165, 1.54) is 18.2 Å². The molecule has 1 aliphatic rings. The second-order valence-electron chi connectivity index (χ2n) is 7.90. The summed E-state index contributed by atoms with van der Waals surface area (Å²) in [5.74, 6) is -1.85. The molecule has 0 aromatic heterocycles. The third kappa shape index (κ3) is 6.21.